The van der Waals surface area contributed by atoms with Gasteiger partial charge >= 0.3 is 3.93 Å². The number of amides is 2. The highest BCUT2D eigenvalue weighted by atomic mass is 127. The van der Waals surface area contributed by atoms with Gasteiger partial charge in [0.15, 0.2) is 17.0 Å². The lowest BCUT2D eigenvalue weighted by Crippen LogP contribution is -2.46. The Bertz CT molecular complexity index is 1280. The Kier molecular flexibility index (Phi) is 5.65. The number of carbonyl (C=O) groups excluding carboxylic acids is 2. The van der Waals surface area contributed by atoms with Crippen LogP contribution in [-0.2, 0) is 16.8 Å². The van der Waals surface area contributed by atoms with E-state index in [-0.39, 0.29) is 11.7 Å². The molecule has 2 aromatic heterocycles. The smallest absolute Gasteiger partial charge is 0.313 e. The van der Waals surface area contributed by atoms with E-state index in [1.807, 2.05) is 36.1 Å². The van der Waals surface area contributed by atoms with Gasteiger partial charge < -0.3 is 20.1 Å². The van der Waals surface area contributed by atoms with E-state index in [1.165, 1.54) is 6.33 Å². The van der Waals surface area contributed by atoms with Crippen molar-refractivity contribution in [3.63, 3.8) is 0 Å². The summed E-state index contributed by atoms with van der Waals surface area (Å²) in [6.07, 6.45) is 2.62. The second kappa shape index (κ2) is 8.40. The summed E-state index contributed by atoms with van der Waals surface area (Å²) in [5.74, 6) is -0.106. The van der Waals surface area contributed by atoms with E-state index in [0.29, 0.717) is 49.5 Å². The third-order valence-corrected chi connectivity index (χ3v) is 6.90. The monoisotopic (exact) mass is 581 g/mol. The van der Waals surface area contributed by atoms with Crippen LogP contribution in [0.25, 0.3) is 11.2 Å². The molecule has 178 valence electrons. The summed E-state index contributed by atoms with van der Waals surface area (Å²) in [7, 11) is 0. The summed E-state index contributed by atoms with van der Waals surface area (Å²) in [6.45, 7) is 2.55. The maximum absolute atomic E-state index is 13.2. The van der Waals surface area contributed by atoms with Crippen molar-refractivity contribution in [3.05, 3.63) is 42.0 Å². The zero-order valence-corrected chi connectivity index (χ0v) is 20.5. The van der Waals surface area contributed by atoms with E-state index in [1.54, 1.807) is 4.57 Å². The lowest BCUT2D eigenvalue weighted by Gasteiger charge is -2.38. The fourth-order valence-corrected chi connectivity index (χ4v) is 5.05. The molecule has 34 heavy (non-hydrogen) atoms. The van der Waals surface area contributed by atoms with Gasteiger partial charge in [-0.3, -0.25) is 9.59 Å². The molecule has 2 aliphatic heterocycles. The molecule has 0 unspecified atom stereocenters. The van der Waals surface area contributed by atoms with Crippen molar-refractivity contribution in [2.24, 2.45) is 0 Å². The van der Waals surface area contributed by atoms with Gasteiger partial charge in [-0.2, -0.15) is 8.78 Å². The average molecular weight is 581 g/mol. The molecular formula is C22H22F2IN7O2. The first-order valence-electron chi connectivity index (χ1n) is 11.0. The van der Waals surface area contributed by atoms with E-state index < -0.39 is 21.8 Å². The molecule has 9 nitrogen and oxygen atoms in total. The largest absolute Gasteiger partial charge is 0.355 e. The highest BCUT2D eigenvalue weighted by Crippen LogP contribution is 2.45. The summed E-state index contributed by atoms with van der Waals surface area (Å²) in [6, 6.07) is 7.77. The highest BCUT2D eigenvalue weighted by molar-refractivity contribution is 14.1. The number of aromatic nitrogens is 4. The van der Waals surface area contributed by atoms with Crippen LogP contribution in [0.15, 0.2) is 30.6 Å². The van der Waals surface area contributed by atoms with Crippen LogP contribution >= 0.6 is 22.6 Å². The van der Waals surface area contributed by atoms with Gasteiger partial charge in [0.25, 0.3) is 5.91 Å². The minimum atomic E-state index is -3.06. The number of rotatable bonds is 5. The third kappa shape index (κ3) is 3.77. The maximum Gasteiger partial charge on any atom is 0.313 e. The number of hydrogen-bond acceptors (Lipinski definition) is 6. The maximum atomic E-state index is 13.2. The second-order valence-electron chi connectivity index (χ2n) is 8.42. The number of nitrogens with zero attached hydrogens (tertiary/aromatic N) is 5. The SMILES string of the molecule is CCn1c(C(=O)NCC(F)(F)I)nc2c(N3CCC4(CC3)C(=O)Nc3ccccc34)ncnc21. The highest BCUT2D eigenvalue weighted by Gasteiger charge is 2.48. The fourth-order valence-electron chi connectivity index (χ4n) is 4.86. The normalized spacial score (nSPS) is 17.2. The van der Waals surface area contributed by atoms with Gasteiger partial charge in [-0.1, -0.05) is 18.2 Å². The third-order valence-electron chi connectivity index (χ3n) is 6.52. The van der Waals surface area contributed by atoms with Gasteiger partial charge in [0.1, 0.15) is 6.33 Å². The van der Waals surface area contributed by atoms with Crippen molar-refractivity contribution in [1.82, 2.24) is 24.8 Å². The van der Waals surface area contributed by atoms with E-state index >= 15 is 0 Å². The van der Waals surface area contributed by atoms with E-state index in [2.05, 4.69) is 25.6 Å². The predicted molar refractivity (Wildman–Crippen MR) is 130 cm³/mol. The van der Waals surface area contributed by atoms with Crippen molar-refractivity contribution < 1.29 is 18.4 Å². The molecule has 2 aliphatic rings. The van der Waals surface area contributed by atoms with Crippen LogP contribution in [0, 0.1) is 0 Å². The van der Waals surface area contributed by atoms with Crippen molar-refractivity contribution >= 4 is 57.1 Å². The molecular weight excluding hydrogens is 559 g/mol. The minimum Gasteiger partial charge on any atom is -0.355 e. The van der Waals surface area contributed by atoms with Gasteiger partial charge in [0, 0.05) is 47.9 Å². The van der Waals surface area contributed by atoms with Crippen LogP contribution in [0.1, 0.15) is 35.9 Å². The molecule has 12 heteroatoms. The van der Waals surface area contributed by atoms with Gasteiger partial charge in [-0.15, -0.1) is 0 Å². The zero-order chi connectivity index (χ0) is 24.1. The number of benzene rings is 1. The zero-order valence-electron chi connectivity index (χ0n) is 18.3. The molecule has 3 aromatic rings. The number of imidazole rings is 1. The second-order valence-corrected chi connectivity index (χ2v) is 9.99. The standard InChI is InChI=1S/C22H22F2IN7O2/c1-2-32-17-15(30-18(32)19(33)26-11-22(23,24)25)16(27-12-28-17)31-9-7-21(8-10-31)13-5-3-4-6-14(13)29-20(21)34/h3-6,12H,2,7-11H2,1H3,(H,26,33)(H,29,34). The minimum absolute atomic E-state index is 0.0116. The van der Waals surface area contributed by atoms with Crippen LogP contribution in [0.2, 0.25) is 0 Å². The number of halogens is 3. The molecule has 4 heterocycles. The lowest BCUT2D eigenvalue weighted by atomic mass is 9.73. The summed E-state index contributed by atoms with van der Waals surface area (Å²) in [5.41, 5.74) is 2.21. The molecule has 0 atom stereocenters. The van der Waals surface area contributed by atoms with Crippen molar-refractivity contribution in [1.29, 1.82) is 0 Å². The first kappa shape index (κ1) is 22.9. The van der Waals surface area contributed by atoms with Crippen LogP contribution < -0.4 is 15.5 Å². The number of carbonyl (C=O) groups is 2. The predicted octanol–water partition coefficient (Wildman–Crippen LogP) is 3.09. The van der Waals surface area contributed by atoms with Gasteiger partial charge in [0.05, 0.1) is 12.0 Å². The average Bonchev–Trinajstić information content (AvgIpc) is 3.33. The Labute approximate surface area is 207 Å². The van der Waals surface area contributed by atoms with Crippen LogP contribution in [0.5, 0.6) is 0 Å². The van der Waals surface area contributed by atoms with E-state index in [0.717, 1.165) is 33.8 Å². The molecule has 0 bridgehead atoms. The number of piperidine rings is 1. The summed E-state index contributed by atoms with van der Waals surface area (Å²) >= 11 is 0.978. The summed E-state index contributed by atoms with van der Waals surface area (Å²) in [4.78, 5) is 40.7. The molecule has 2 N–H and O–H groups in total. The Hall–Kier alpha value is -2.90. The number of aryl methyl sites for hydroxylation is 1. The molecule has 0 saturated carbocycles. The number of alkyl halides is 3. The number of nitrogens with one attached hydrogen (secondary N) is 2. The molecule has 1 aromatic carbocycles. The van der Waals surface area contributed by atoms with Crippen LogP contribution in [0.3, 0.4) is 0 Å². The number of para-hydroxylation sites is 1. The summed E-state index contributed by atoms with van der Waals surface area (Å²) in [5, 5.41) is 5.23. The number of hydrogen-bond donors (Lipinski definition) is 2. The quantitative estimate of drug-likeness (QED) is 0.355. The fraction of sp³-hybridized carbons (Fsp3) is 0.409. The van der Waals surface area contributed by atoms with E-state index in [4.69, 9.17) is 0 Å². The number of anilines is 2. The first-order chi connectivity index (χ1) is 16.2. The molecule has 1 saturated heterocycles. The Morgan fingerprint density at radius 3 is 2.71 bits per heavy atom. The van der Waals surface area contributed by atoms with Crippen LogP contribution in [0.4, 0.5) is 20.3 Å². The lowest BCUT2D eigenvalue weighted by molar-refractivity contribution is -0.121. The first-order valence-corrected chi connectivity index (χ1v) is 12.0. The van der Waals surface area contributed by atoms with Crippen molar-refractivity contribution in [2.45, 2.75) is 35.7 Å². The van der Waals surface area contributed by atoms with Gasteiger partial charge in [-0.25, -0.2) is 15.0 Å². The summed E-state index contributed by atoms with van der Waals surface area (Å²) < 4.78 is 25.0. The van der Waals surface area contributed by atoms with E-state index in [9.17, 15) is 18.4 Å². The molecule has 1 spiro atoms. The Morgan fingerprint density at radius 1 is 1.26 bits per heavy atom. The molecule has 0 aliphatic carbocycles. The number of fused-ring (bicyclic) bond motifs is 3. The van der Waals surface area contributed by atoms with Crippen LogP contribution in [-0.4, -0.2) is 54.9 Å². The molecule has 2 amide bonds. The van der Waals surface area contributed by atoms with Crippen molar-refractivity contribution in [2.75, 3.05) is 29.9 Å². The molecule has 1 fully saturated rings. The van der Waals surface area contributed by atoms with Gasteiger partial charge in [0.2, 0.25) is 11.7 Å². The molecule has 0 radical (unpaired) electrons. The topological polar surface area (TPSA) is 105 Å². The Morgan fingerprint density at radius 2 is 2.00 bits per heavy atom. The molecule has 5 rings (SSSR count). The van der Waals surface area contributed by atoms with Crippen molar-refractivity contribution in [3.8, 4) is 0 Å². The Balaban J connectivity index is 1.44. The van der Waals surface area contributed by atoms with Gasteiger partial charge in [-0.05, 0) is 31.4 Å².